The van der Waals surface area contributed by atoms with Crippen LogP contribution in [0.25, 0.3) is 11.0 Å². The van der Waals surface area contributed by atoms with Crippen LogP contribution in [0.1, 0.15) is 32.6 Å². The number of para-hydroxylation sites is 2. The lowest BCUT2D eigenvalue weighted by Gasteiger charge is -2.15. The highest BCUT2D eigenvalue weighted by atomic mass is 16.3. The number of benzene rings is 1. The second-order valence-electron chi connectivity index (χ2n) is 6.29. The van der Waals surface area contributed by atoms with E-state index in [0.29, 0.717) is 18.5 Å². The molecule has 1 amide bonds. The van der Waals surface area contributed by atoms with Gasteiger partial charge in [0.1, 0.15) is 6.54 Å². The van der Waals surface area contributed by atoms with Crippen molar-refractivity contribution in [3.05, 3.63) is 24.3 Å². The minimum Gasteiger partial charge on any atom is -0.392 e. The molecule has 0 aliphatic heterocycles. The van der Waals surface area contributed by atoms with Gasteiger partial charge in [-0.2, -0.15) is 0 Å². The van der Waals surface area contributed by atoms with Gasteiger partial charge in [0.05, 0.1) is 17.1 Å². The third-order valence-electron chi connectivity index (χ3n) is 4.23. The molecule has 0 unspecified atom stereocenters. The van der Waals surface area contributed by atoms with Crippen LogP contribution >= 0.6 is 0 Å². The number of carbonyl (C=O) groups is 1. The maximum absolute atomic E-state index is 12.4. The Balaban J connectivity index is 1.78. The Morgan fingerprint density at radius 1 is 1.39 bits per heavy atom. The number of aliphatic hydroxyl groups excluding tert-OH is 1. The third-order valence-corrected chi connectivity index (χ3v) is 4.23. The zero-order chi connectivity index (χ0) is 16.2. The Morgan fingerprint density at radius 3 is 2.87 bits per heavy atom. The van der Waals surface area contributed by atoms with E-state index >= 15 is 0 Å². The molecule has 1 atom stereocenters. The number of aromatic nitrogens is 2. The second-order valence-corrected chi connectivity index (χ2v) is 6.29. The van der Waals surface area contributed by atoms with Crippen molar-refractivity contribution >= 4 is 22.9 Å². The van der Waals surface area contributed by atoms with E-state index in [-0.39, 0.29) is 12.5 Å². The van der Waals surface area contributed by atoms with Crippen molar-refractivity contribution in [3.8, 4) is 0 Å². The third kappa shape index (κ3) is 3.82. The number of anilines is 1. The van der Waals surface area contributed by atoms with Gasteiger partial charge in [0.15, 0.2) is 0 Å². The van der Waals surface area contributed by atoms with Gasteiger partial charge < -0.3 is 20.3 Å². The zero-order valence-electron chi connectivity index (χ0n) is 13.5. The smallest absolute Gasteiger partial charge is 0.240 e. The molecule has 0 bridgehead atoms. The van der Waals surface area contributed by atoms with Crippen molar-refractivity contribution in [1.82, 2.24) is 14.9 Å². The van der Waals surface area contributed by atoms with Crippen LogP contribution in [0.5, 0.6) is 0 Å². The van der Waals surface area contributed by atoms with E-state index in [1.807, 2.05) is 28.8 Å². The van der Waals surface area contributed by atoms with Crippen LogP contribution in [0.4, 0.5) is 5.95 Å². The molecule has 0 radical (unpaired) electrons. The van der Waals surface area contributed by atoms with Gasteiger partial charge in [0.2, 0.25) is 11.9 Å². The van der Waals surface area contributed by atoms with E-state index < -0.39 is 6.10 Å². The summed E-state index contributed by atoms with van der Waals surface area (Å²) < 4.78 is 1.88. The maximum Gasteiger partial charge on any atom is 0.240 e. The monoisotopic (exact) mass is 316 g/mol. The number of carbonyl (C=O) groups excluding carboxylic acids is 1. The number of nitrogens with zero attached hydrogens (tertiary/aromatic N) is 2. The Hall–Kier alpha value is -2.08. The van der Waals surface area contributed by atoms with Crippen LogP contribution in [0.2, 0.25) is 0 Å². The predicted molar refractivity (Wildman–Crippen MR) is 90.3 cm³/mol. The van der Waals surface area contributed by atoms with Crippen LogP contribution in [-0.2, 0) is 11.3 Å². The van der Waals surface area contributed by atoms with E-state index in [2.05, 4.69) is 15.6 Å². The lowest BCUT2D eigenvalue weighted by atomic mass is 10.2. The van der Waals surface area contributed by atoms with Crippen molar-refractivity contribution in [2.45, 2.75) is 51.3 Å². The molecule has 1 aliphatic rings. The Labute approximate surface area is 135 Å². The highest BCUT2D eigenvalue weighted by molar-refractivity contribution is 5.83. The summed E-state index contributed by atoms with van der Waals surface area (Å²) in [6.45, 7) is 2.35. The second kappa shape index (κ2) is 7.00. The Morgan fingerprint density at radius 2 is 2.13 bits per heavy atom. The number of fused-ring (bicyclic) bond motifs is 1. The van der Waals surface area contributed by atoms with Crippen LogP contribution < -0.4 is 10.6 Å². The summed E-state index contributed by atoms with van der Waals surface area (Å²) in [6.07, 6.45) is 4.06. The molecule has 6 nitrogen and oxygen atoms in total. The van der Waals surface area contributed by atoms with Crippen molar-refractivity contribution in [3.63, 3.8) is 0 Å². The molecular weight excluding hydrogens is 292 g/mol. The molecule has 6 heteroatoms. The number of aliphatic hydroxyl groups is 1. The molecule has 3 rings (SSSR count). The summed E-state index contributed by atoms with van der Waals surface area (Å²) in [6, 6.07) is 8.06. The summed E-state index contributed by atoms with van der Waals surface area (Å²) in [4.78, 5) is 16.9. The summed E-state index contributed by atoms with van der Waals surface area (Å²) in [5.41, 5.74) is 1.76. The van der Waals surface area contributed by atoms with Crippen LogP contribution in [0, 0.1) is 0 Å². The molecule has 0 spiro atoms. The lowest BCUT2D eigenvalue weighted by Crippen LogP contribution is -2.35. The van der Waals surface area contributed by atoms with E-state index in [0.717, 1.165) is 23.9 Å². The van der Waals surface area contributed by atoms with Gasteiger partial charge in [0, 0.05) is 12.6 Å². The SMILES string of the molecule is C[C@@H](O)CNc1nc2ccccc2n1CC(=O)NC1CCCC1. The van der Waals surface area contributed by atoms with E-state index in [1.54, 1.807) is 6.92 Å². The minimum absolute atomic E-state index is 0.0140. The topological polar surface area (TPSA) is 79.2 Å². The van der Waals surface area contributed by atoms with Crippen molar-refractivity contribution in [1.29, 1.82) is 0 Å². The largest absolute Gasteiger partial charge is 0.392 e. The van der Waals surface area contributed by atoms with Crippen molar-refractivity contribution in [2.24, 2.45) is 0 Å². The van der Waals surface area contributed by atoms with Crippen LogP contribution in [0.15, 0.2) is 24.3 Å². The number of rotatable bonds is 6. The Bertz CT molecular complexity index is 674. The summed E-state index contributed by atoms with van der Waals surface area (Å²) >= 11 is 0. The molecule has 1 aromatic heterocycles. The first kappa shape index (κ1) is 15.8. The highest BCUT2D eigenvalue weighted by Gasteiger charge is 2.19. The van der Waals surface area contributed by atoms with Gasteiger partial charge in [-0.3, -0.25) is 4.79 Å². The van der Waals surface area contributed by atoms with Crippen LogP contribution in [0.3, 0.4) is 0 Å². The van der Waals surface area contributed by atoms with Gasteiger partial charge in [-0.15, -0.1) is 0 Å². The molecule has 1 aliphatic carbocycles. The fraction of sp³-hybridized carbons (Fsp3) is 0.529. The molecule has 3 N–H and O–H groups in total. The summed E-state index contributed by atoms with van der Waals surface area (Å²) in [5.74, 6) is 0.633. The first-order valence-corrected chi connectivity index (χ1v) is 8.30. The minimum atomic E-state index is -0.476. The average molecular weight is 316 g/mol. The van der Waals surface area contributed by atoms with E-state index in [1.165, 1.54) is 12.8 Å². The molecule has 2 aromatic rings. The average Bonchev–Trinajstić information content (AvgIpc) is 3.13. The lowest BCUT2D eigenvalue weighted by molar-refractivity contribution is -0.122. The van der Waals surface area contributed by atoms with Crippen molar-refractivity contribution in [2.75, 3.05) is 11.9 Å². The maximum atomic E-state index is 12.4. The molecule has 1 saturated carbocycles. The highest BCUT2D eigenvalue weighted by Crippen LogP contribution is 2.20. The molecule has 1 heterocycles. The predicted octanol–water partition coefficient (Wildman–Crippen LogP) is 1.89. The van der Waals surface area contributed by atoms with Crippen LogP contribution in [-0.4, -0.2) is 39.3 Å². The number of hydrogen-bond donors (Lipinski definition) is 3. The standard InChI is InChI=1S/C17H24N4O2/c1-12(22)10-18-17-20-14-8-4-5-9-15(14)21(17)11-16(23)19-13-6-2-3-7-13/h4-5,8-9,12-13,22H,2-3,6-7,10-11H2,1H3,(H,18,20)(H,19,23)/t12-/m1/s1. The molecule has 23 heavy (non-hydrogen) atoms. The normalized spacial score (nSPS) is 16.6. The van der Waals surface area contributed by atoms with Crippen molar-refractivity contribution < 1.29 is 9.90 Å². The summed E-state index contributed by atoms with van der Waals surface area (Å²) in [5, 5.41) is 15.7. The molecule has 1 aromatic carbocycles. The quantitative estimate of drug-likeness (QED) is 0.760. The number of hydrogen-bond acceptors (Lipinski definition) is 4. The van der Waals surface area contributed by atoms with Gasteiger partial charge in [-0.1, -0.05) is 25.0 Å². The van der Waals surface area contributed by atoms with Gasteiger partial charge >= 0.3 is 0 Å². The van der Waals surface area contributed by atoms with Gasteiger partial charge in [-0.25, -0.2) is 4.98 Å². The fourth-order valence-corrected chi connectivity index (χ4v) is 3.10. The molecule has 0 saturated heterocycles. The van der Waals surface area contributed by atoms with Gasteiger partial charge in [0.25, 0.3) is 0 Å². The molecule has 124 valence electrons. The number of nitrogens with one attached hydrogen (secondary N) is 2. The number of amides is 1. The Kier molecular flexibility index (Phi) is 4.81. The van der Waals surface area contributed by atoms with Gasteiger partial charge in [-0.05, 0) is 31.9 Å². The molecule has 1 fully saturated rings. The number of imidazole rings is 1. The fourth-order valence-electron chi connectivity index (χ4n) is 3.10. The van der Waals surface area contributed by atoms with E-state index in [4.69, 9.17) is 0 Å². The molecular formula is C17H24N4O2. The zero-order valence-corrected chi connectivity index (χ0v) is 13.5. The van der Waals surface area contributed by atoms with E-state index in [9.17, 15) is 9.90 Å². The summed E-state index contributed by atoms with van der Waals surface area (Å²) in [7, 11) is 0. The first-order valence-electron chi connectivity index (χ1n) is 8.30. The first-order chi connectivity index (χ1) is 11.1.